The molecule has 3 rings (SSSR count). The van der Waals surface area contributed by atoms with E-state index in [1.807, 2.05) is 0 Å². The first-order valence-electron chi connectivity index (χ1n) is 8.87. The lowest BCUT2D eigenvalue weighted by atomic mass is 9.94. The van der Waals surface area contributed by atoms with Crippen LogP contribution < -0.4 is 21.6 Å². The van der Waals surface area contributed by atoms with Crippen LogP contribution in [-0.4, -0.2) is 36.4 Å². The van der Waals surface area contributed by atoms with Crippen molar-refractivity contribution in [1.82, 2.24) is 15.6 Å². The van der Waals surface area contributed by atoms with Crippen LogP contribution in [0.4, 0.5) is 5.13 Å². The number of hydrogen-bond donors (Lipinski definition) is 3. The third-order valence-corrected chi connectivity index (χ3v) is 5.14. The van der Waals surface area contributed by atoms with Crippen molar-refractivity contribution in [1.29, 1.82) is 0 Å². The van der Waals surface area contributed by atoms with Crippen LogP contribution in [0.25, 0.3) is 0 Å². The summed E-state index contributed by atoms with van der Waals surface area (Å²) in [4.78, 5) is 40.4. The molecule has 144 valence electrons. The van der Waals surface area contributed by atoms with Crippen molar-refractivity contribution in [3.8, 4) is 0 Å². The molecule has 0 atom stereocenters. The van der Waals surface area contributed by atoms with Crippen molar-refractivity contribution in [3.63, 3.8) is 0 Å². The number of aryl methyl sites for hydroxylation is 1. The van der Waals surface area contributed by atoms with E-state index in [4.69, 9.17) is 4.42 Å². The Morgan fingerprint density at radius 2 is 2.15 bits per heavy atom. The average molecular weight is 390 g/mol. The smallest absolute Gasteiger partial charge is 0.349 e. The average Bonchev–Trinajstić information content (AvgIpc) is 3.14. The fraction of sp³-hybridized carbons (Fsp3) is 0.444. The van der Waals surface area contributed by atoms with Gasteiger partial charge in [-0.15, -0.1) is 11.3 Å². The number of rotatable bonds is 6. The molecule has 2 aromatic heterocycles. The molecular formula is C18H22N4O4S. The van der Waals surface area contributed by atoms with E-state index < -0.39 is 11.5 Å². The first-order valence-corrected chi connectivity index (χ1v) is 9.75. The zero-order valence-corrected chi connectivity index (χ0v) is 15.9. The summed E-state index contributed by atoms with van der Waals surface area (Å²) in [6, 6.07) is 1.78. The lowest BCUT2D eigenvalue weighted by Crippen LogP contribution is -2.32. The molecule has 2 amide bonds. The van der Waals surface area contributed by atoms with Crippen LogP contribution in [0.2, 0.25) is 0 Å². The fourth-order valence-electron chi connectivity index (χ4n) is 3.06. The van der Waals surface area contributed by atoms with Crippen LogP contribution in [0.3, 0.4) is 0 Å². The fourth-order valence-corrected chi connectivity index (χ4v) is 3.60. The van der Waals surface area contributed by atoms with Gasteiger partial charge >= 0.3 is 5.63 Å². The number of aromatic nitrogens is 1. The Bertz CT molecular complexity index is 857. The molecule has 27 heavy (non-hydrogen) atoms. The summed E-state index contributed by atoms with van der Waals surface area (Å²) in [5.74, 6) is 0.0538. The van der Waals surface area contributed by atoms with E-state index in [2.05, 4.69) is 20.9 Å². The highest BCUT2D eigenvalue weighted by Crippen LogP contribution is 2.25. The van der Waals surface area contributed by atoms with Gasteiger partial charge in [-0.2, -0.15) is 0 Å². The molecule has 1 saturated heterocycles. The van der Waals surface area contributed by atoms with Gasteiger partial charge in [0.15, 0.2) is 5.13 Å². The van der Waals surface area contributed by atoms with Crippen LogP contribution in [0.1, 0.15) is 46.9 Å². The highest BCUT2D eigenvalue weighted by Gasteiger charge is 2.22. The van der Waals surface area contributed by atoms with E-state index >= 15 is 0 Å². The van der Waals surface area contributed by atoms with Crippen molar-refractivity contribution < 1.29 is 14.0 Å². The molecule has 8 nitrogen and oxygen atoms in total. The Morgan fingerprint density at radius 1 is 1.37 bits per heavy atom. The second-order valence-electron chi connectivity index (χ2n) is 6.41. The molecule has 0 aliphatic carbocycles. The van der Waals surface area contributed by atoms with Crippen molar-refractivity contribution in [2.45, 2.75) is 32.1 Å². The van der Waals surface area contributed by atoms with Gasteiger partial charge in [-0.25, -0.2) is 9.78 Å². The molecule has 3 heterocycles. The molecule has 0 unspecified atom stereocenters. The van der Waals surface area contributed by atoms with Gasteiger partial charge in [0.05, 0.1) is 0 Å². The summed E-state index contributed by atoms with van der Waals surface area (Å²) in [5.41, 5.74) is -0.0502. The molecule has 9 heteroatoms. The summed E-state index contributed by atoms with van der Waals surface area (Å²) in [7, 11) is 0. The van der Waals surface area contributed by atoms with Crippen LogP contribution in [0, 0.1) is 6.92 Å². The van der Waals surface area contributed by atoms with Crippen molar-refractivity contribution in [3.05, 3.63) is 45.0 Å². The van der Waals surface area contributed by atoms with Gasteiger partial charge in [-0.3, -0.25) is 9.59 Å². The van der Waals surface area contributed by atoms with E-state index in [9.17, 15) is 14.4 Å². The lowest BCUT2D eigenvalue weighted by molar-refractivity contribution is -0.116. The van der Waals surface area contributed by atoms with Gasteiger partial charge in [-0.05, 0) is 44.5 Å². The van der Waals surface area contributed by atoms with Crippen molar-refractivity contribution >= 4 is 28.3 Å². The van der Waals surface area contributed by atoms with Crippen molar-refractivity contribution in [2.75, 3.05) is 25.0 Å². The minimum Gasteiger partial charge on any atom is -0.427 e. The second kappa shape index (κ2) is 8.92. The highest BCUT2D eigenvalue weighted by molar-refractivity contribution is 7.13. The topological polar surface area (TPSA) is 113 Å². The summed E-state index contributed by atoms with van der Waals surface area (Å²) < 4.78 is 5.42. The van der Waals surface area contributed by atoms with Crippen molar-refractivity contribution in [2.24, 2.45) is 0 Å². The molecule has 0 saturated carbocycles. The predicted molar refractivity (Wildman–Crippen MR) is 102 cm³/mol. The normalized spacial score (nSPS) is 14.7. The molecule has 1 aliphatic heterocycles. The Balaban J connectivity index is 1.57. The van der Waals surface area contributed by atoms with Gasteiger partial charge in [0.2, 0.25) is 5.91 Å². The summed E-state index contributed by atoms with van der Waals surface area (Å²) >= 11 is 1.32. The van der Waals surface area contributed by atoms with Crippen LogP contribution in [0.5, 0.6) is 0 Å². The molecule has 0 aromatic carbocycles. The SMILES string of the molecule is Cc1cc(C2CCNCC2)oc(=O)c1C(=O)NCCC(=O)Nc1nccs1. The van der Waals surface area contributed by atoms with E-state index in [0.717, 1.165) is 25.9 Å². The number of carbonyl (C=O) groups excluding carboxylic acids is 2. The number of thiazole rings is 1. The van der Waals surface area contributed by atoms with E-state index in [-0.39, 0.29) is 30.4 Å². The minimum atomic E-state index is -0.631. The van der Waals surface area contributed by atoms with E-state index in [1.165, 1.54) is 11.3 Å². The Kier molecular flexibility index (Phi) is 6.36. The summed E-state index contributed by atoms with van der Waals surface area (Å²) in [6.07, 6.45) is 3.49. The predicted octanol–water partition coefficient (Wildman–Crippen LogP) is 1.63. The quantitative estimate of drug-likeness (QED) is 0.691. The van der Waals surface area contributed by atoms with Gasteiger partial charge in [0.25, 0.3) is 5.91 Å². The Labute approximate surface area is 160 Å². The van der Waals surface area contributed by atoms with Gasteiger partial charge < -0.3 is 20.4 Å². The monoisotopic (exact) mass is 390 g/mol. The van der Waals surface area contributed by atoms with Gasteiger partial charge in [0, 0.05) is 30.5 Å². The second-order valence-corrected chi connectivity index (χ2v) is 7.30. The number of carbonyl (C=O) groups is 2. The molecule has 0 radical (unpaired) electrons. The summed E-state index contributed by atoms with van der Waals surface area (Å²) in [6.45, 7) is 3.62. The number of nitrogens with zero attached hydrogens (tertiary/aromatic N) is 1. The molecule has 1 fully saturated rings. The molecule has 1 aliphatic rings. The minimum absolute atomic E-state index is 0.00647. The maximum absolute atomic E-state index is 12.3. The third kappa shape index (κ3) is 5.01. The lowest BCUT2D eigenvalue weighted by Gasteiger charge is -2.21. The number of hydrogen-bond acceptors (Lipinski definition) is 7. The maximum atomic E-state index is 12.3. The van der Waals surface area contributed by atoms with Crippen LogP contribution in [0.15, 0.2) is 26.9 Å². The highest BCUT2D eigenvalue weighted by atomic mass is 32.1. The maximum Gasteiger partial charge on any atom is 0.349 e. The first-order chi connectivity index (χ1) is 13.0. The molecule has 0 bridgehead atoms. The summed E-state index contributed by atoms with van der Waals surface area (Å²) in [5, 5.41) is 10.8. The standard InChI is InChI=1S/C18H22N4O4S/c1-11-10-13(12-2-5-19-6-3-12)26-17(25)15(11)16(24)20-7-4-14(23)22-18-21-8-9-27-18/h8-10,12,19H,2-7H2,1H3,(H,20,24)(H,21,22,23). The Morgan fingerprint density at radius 3 is 2.81 bits per heavy atom. The first kappa shape index (κ1) is 19.2. The van der Waals surface area contributed by atoms with E-state index in [1.54, 1.807) is 24.6 Å². The molecular weight excluding hydrogens is 368 g/mol. The molecule has 0 spiro atoms. The Hall–Kier alpha value is -2.52. The van der Waals surface area contributed by atoms with Gasteiger partial charge in [-0.1, -0.05) is 0 Å². The number of nitrogens with one attached hydrogen (secondary N) is 3. The number of amides is 2. The zero-order chi connectivity index (χ0) is 19.2. The van der Waals surface area contributed by atoms with Gasteiger partial charge in [0.1, 0.15) is 11.3 Å². The van der Waals surface area contributed by atoms with Crippen LogP contribution >= 0.6 is 11.3 Å². The van der Waals surface area contributed by atoms with E-state index in [0.29, 0.717) is 16.5 Å². The number of anilines is 1. The molecule has 3 N–H and O–H groups in total. The zero-order valence-electron chi connectivity index (χ0n) is 15.0. The third-order valence-electron chi connectivity index (χ3n) is 4.45. The molecule has 2 aromatic rings. The number of piperidine rings is 1. The van der Waals surface area contributed by atoms with Crippen LogP contribution in [-0.2, 0) is 4.79 Å². The largest absolute Gasteiger partial charge is 0.427 e.